The van der Waals surface area contributed by atoms with Crippen LogP contribution in [0.3, 0.4) is 0 Å². The third-order valence-corrected chi connectivity index (χ3v) is 4.10. The van der Waals surface area contributed by atoms with E-state index in [9.17, 15) is 5.11 Å². The molecule has 0 aromatic carbocycles. The van der Waals surface area contributed by atoms with E-state index >= 15 is 0 Å². The maximum absolute atomic E-state index is 9.97. The monoisotopic (exact) mass is 293 g/mol. The van der Waals surface area contributed by atoms with Gasteiger partial charge in [0.15, 0.2) is 0 Å². The fourth-order valence-electron chi connectivity index (χ4n) is 2.65. The minimum Gasteiger partial charge on any atom is -0.389 e. The Hall–Kier alpha value is -1.33. The molecule has 5 nitrogen and oxygen atoms in total. The number of hydrogen-bond donors (Lipinski definition) is 2. The van der Waals surface area contributed by atoms with Gasteiger partial charge in [-0.15, -0.1) is 0 Å². The summed E-state index contributed by atoms with van der Waals surface area (Å²) in [5, 5.41) is 17.4. The molecule has 0 saturated heterocycles. The average Bonchev–Trinajstić information content (AvgIpc) is 2.77. The fourth-order valence-corrected chi connectivity index (χ4v) is 2.65. The molecule has 0 radical (unpaired) electrons. The van der Waals surface area contributed by atoms with Crippen molar-refractivity contribution in [1.29, 1.82) is 0 Å². The molecule has 1 aromatic rings. The van der Waals surface area contributed by atoms with Crippen LogP contribution in [0.2, 0.25) is 0 Å². The van der Waals surface area contributed by atoms with Crippen molar-refractivity contribution in [2.75, 3.05) is 25.1 Å². The summed E-state index contributed by atoms with van der Waals surface area (Å²) in [7, 11) is 1.89. The molecule has 118 valence electrons. The number of allylic oxidation sites excluding steroid dienone is 2. The largest absolute Gasteiger partial charge is 0.389 e. The zero-order valence-corrected chi connectivity index (χ0v) is 13.2. The first-order valence-electron chi connectivity index (χ1n) is 7.71. The van der Waals surface area contributed by atoms with Gasteiger partial charge < -0.3 is 15.2 Å². The van der Waals surface area contributed by atoms with E-state index in [4.69, 9.17) is 4.74 Å². The lowest BCUT2D eigenvalue weighted by Gasteiger charge is -2.25. The number of anilines is 1. The second-order valence-corrected chi connectivity index (χ2v) is 6.05. The van der Waals surface area contributed by atoms with Gasteiger partial charge in [0, 0.05) is 19.8 Å². The van der Waals surface area contributed by atoms with E-state index in [0.29, 0.717) is 25.0 Å². The summed E-state index contributed by atoms with van der Waals surface area (Å²) in [4.78, 5) is 0. The summed E-state index contributed by atoms with van der Waals surface area (Å²) in [6, 6.07) is 0. The first-order chi connectivity index (χ1) is 10.1. The van der Waals surface area contributed by atoms with Gasteiger partial charge in [-0.05, 0) is 31.6 Å². The minimum atomic E-state index is -0.501. The van der Waals surface area contributed by atoms with Crippen molar-refractivity contribution in [3.05, 3.63) is 24.0 Å². The molecule has 21 heavy (non-hydrogen) atoms. The SMILES string of the molecule is Cc1nn(C)cc1NCC(O)COCC1CC=CCC1C. The Morgan fingerprint density at radius 3 is 2.90 bits per heavy atom. The van der Waals surface area contributed by atoms with E-state index in [1.54, 1.807) is 4.68 Å². The Morgan fingerprint density at radius 2 is 2.24 bits per heavy atom. The maximum atomic E-state index is 9.97. The molecule has 1 aliphatic carbocycles. The molecule has 0 saturated carbocycles. The van der Waals surface area contributed by atoms with E-state index in [2.05, 4.69) is 29.5 Å². The number of aliphatic hydroxyl groups excluding tert-OH is 1. The third-order valence-electron chi connectivity index (χ3n) is 4.10. The normalized spacial score (nSPS) is 23.2. The van der Waals surface area contributed by atoms with Crippen molar-refractivity contribution < 1.29 is 9.84 Å². The number of nitrogens with one attached hydrogen (secondary N) is 1. The molecule has 0 spiro atoms. The zero-order valence-electron chi connectivity index (χ0n) is 13.2. The Bertz CT molecular complexity index is 470. The lowest BCUT2D eigenvalue weighted by molar-refractivity contribution is 0.0175. The number of aromatic nitrogens is 2. The number of aryl methyl sites for hydroxylation is 2. The molecule has 1 aliphatic rings. The number of hydrogen-bond acceptors (Lipinski definition) is 4. The summed E-state index contributed by atoms with van der Waals surface area (Å²) in [5.41, 5.74) is 1.90. The van der Waals surface area contributed by atoms with Gasteiger partial charge in [0.05, 0.1) is 30.7 Å². The summed E-state index contributed by atoms with van der Waals surface area (Å²) in [6.45, 7) is 5.80. The molecule has 0 fully saturated rings. The topological polar surface area (TPSA) is 59.3 Å². The molecule has 1 aromatic heterocycles. The van der Waals surface area contributed by atoms with Crippen LogP contribution < -0.4 is 5.32 Å². The smallest absolute Gasteiger partial charge is 0.0945 e. The van der Waals surface area contributed by atoms with Crippen molar-refractivity contribution >= 4 is 5.69 Å². The van der Waals surface area contributed by atoms with Crippen LogP contribution in [0.15, 0.2) is 18.3 Å². The average molecular weight is 293 g/mol. The molecule has 5 heteroatoms. The Morgan fingerprint density at radius 1 is 1.48 bits per heavy atom. The number of rotatable bonds is 7. The maximum Gasteiger partial charge on any atom is 0.0945 e. The zero-order chi connectivity index (χ0) is 15.2. The second kappa shape index (κ2) is 7.61. The van der Waals surface area contributed by atoms with Crippen molar-refractivity contribution in [3.63, 3.8) is 0 Å². The van der Waals surface area contributed by atoms with Crippen LogP contribution in [0.5, 0.6) is 0 Å². The van der Waals surface area contributed by atoms with Gasteiger partial charge in [0.1, 0.15) is 0 Å². The summed E-state index contributed by atoms with van der Waals surface area (Å²) < 4.78 is 7.45. The van der Waals surface area contributed by atoms with Crippen LogP contribution >= 0.6 is 0 Å². The number of nitrogens with zero attached hydrogens (tertiary/aromatic N) is 2. The Kier molecular flexibility index (Phi) is 5.82. The Balaban J connectivity index is 1.64. The first-order valence-corrected chi connectivity index (χ1v) is 7.71. The van der Waals surface area contributed by atoms with Gasteiger partial charge in [0.25, 0.3) is 0 Å². The third kappa shape index (κ3) is 4.86. The number of aliphatic hydroxyl groups is 1. The van der Waals surface area contributed by atoms with Crippen molar-refractivity contribution in [3.8, 4) is 0 Å². The predicted molar refractivity (Wildman–Crippen MR) is 84.3 cm³/mol. The summed E-state index contributed by atoms with van der Waals surface area (Å²) >= 11 is 0. The number of ether oxygens (including phenoxy) is 1. The highest BCUT2D eigenvalue weighted by molar-refractivity contribution is 5.45. The molecular weight excluding hydrogens is 266 g/mol. The highest BCUT2D eigenvalue weighted by Crippen LogP contribution is 2.25. The molecular formula is C16H27N3O2. The van der Waals surface area contributed by atoms with Crippen LogP contribution in [-0.2, 0) is 11.8 Å². The van der Waals surface area contributed by atoms with E-state index in [1.165, 1.54) is 0 Å². The highest BCUT2D eigenvalue weighted by atomic mass is 16.5. The highest BCUT2D eigenvalue weighted by Gasteiger charge is 2.18. The molecule has 1 heterocycles. The molecule has 2 N–H and O–H groups in total. The molecule has 0 amide bonds. The van der Waals surface area contributed by atoms with E-state index in [1.807, 2.05) is 20.2 Å². The van der Waals surface area contributed by atoms with E-state index in [0.717, 1.165) is 30.8 Å². The van der Waals surface area contributed by atoms with E-state index < -0.39 is 6.10 Å². The predicted octanol–water partition coefficient (Wildman–Crippen LogP) is 2.12. The second-order valence-electron chi connectivity index (χ2n) is 6.05. The quantitative estimate of drug-likeness (QED) is 0.756. The van der Waals surface area contributed by atoms with Crippen LogP contribution in [0.1, 0.15) is 25.5 Å². The van der Waals surface area contributed by atoms with Crippen LogP contribution in [0.25, 0.3) is 0 Å². The molecule has 3 atom stereocenters. The van der Waals surface area contributed by atoms with Gasteiger partial charge in [-0.25, -0.2) is 0 Å². The van der Waals surface area contributed by atoms with Gasteiger partial charge in [-0.3, -0.25) is 4.68 Å². The standard InChI is InChI=1S/C16H27N3O2/c1-12-6-4-5-7-14(12)10-21-11-15(20)8-17-16-9-19(3)18-13(16)2/h4-5,9,12,14-15,17,20H,6-8,10-11H2,1-3H3. The van der Waals surface area contributed by atoms with Crippen molar-refractivity contribution in [2.45, 2.75) is 32.8 Å². The van der Waals surface area contributed by atoms with Gasteiger partial charge in [-0.1, -0.05) is 19.1 Å². The van der Waals surface area contributed by atoms with Crippen molar-refractivity contribution in [1.82, 2.24) is 9.78 Å². The summed E-state index contributed by atoms with van der Waals surface area (Å²) in [6.07, 6.45) is 8.12. The first kappa shape index (κ1) is 16.0. The fraction of sp³-hybridized carbons (Fsp3) is 0.688. The molecule has 0 aliphatic heterocycles. The van der Waals surface area contributed by atoms with Crippen molar-refractivity contribution in [2.24, 2.45) is 18.9 Å². The van der Waals surface area contributed by atoms with Gasteiger partial charge in [-0.2, -0.15) is 5.10 Å². The lowest BCUT2D eigenvalue weighted by Crippen LogP contribution is -2.27. The van der Waals surface area contributed by atoms with Crippen LogP contribution in [0, 0.1) is 18.8 Å². The molecule has 3 unspecified atom stereocenters. The van der Waals surface area contributed by atoms with Crippen LogP contribution in [0.4, 0.5) is 5.69 Å². The van der Waals surface area contributed by atoms with Gasteiger partial charge in [0.2, 0.25) is 0 Å². The minimum absolute atomic E-state index is 0.374. The lowest BCUT2D eigenvalue weighted by atomic mass is 9.85. The Labute approximate surface area is 127 Å². The van der Waals surface area contributed by atoms with E-state index in [-0.39, 0.29) is 0 Å². The summed E-state index contributed by atoms with van der Waals surface area (Å²) in [5.74, 6) is 1.25. The van der Waals surface area contributed by atoms with Gasteiger partial charge >= 0.3 is 0 Å². The molecule has 0 bridgehead atoms. The molecule has 2 rings (SSSR count). The van der Waals surface area contributed by atoms with Crippen LogP contribution in [-0.4, -0.2) is 40.7 Å².